The van der Waals surface area contributed by atoms with E-state index in [1.165, 1.54) is 12.1 Å². The van der Waals surface area contributed by atoms with Crippen molar-refractivity contribution in [1.29, 1.82) is 0 Å². The van der Waals surface area contributed by atoms with Gasteiger partial charge in [-0.25, -0.2) is 13.2 Å². The molecule has 0 saturated carbocycles. The number of carbonyl (C=O) groups excluding carboxylic acids is 2. The second-order valence-corrected chi connectivity index (χ2v) is 7.28. The van der Waals surface area contributed by atoms with Gasteiger partial charge in [-0.15, -0.1) is 0 Å². The van der Waals surface area contributed by atoms with Crippen molar-refractivity contribution in [2.24, 2.45) is 0 Å². The molecule has 23 heavy (non-hydrogen) atoms. The Morgan fingerprint density at radius 2 is 1.61 bits per heavy atom. The highest BCUT2D eigenvalue weighted by atomic mass is 32.2. The van der Waals surface area contributed by atoms with Crippen LogP contribution in [0.25, 0.3) is 0 Å². The quantitative estimate of drug-likeness (QED) is 0.599. The number of sulfone groups is 1. The number of Topliss-reactive ketones (excluding diaryl/α,β-unsaturated/α-hetero) is 1. The standard InChI is InChI=1S/C17H16O5S/c1-23(20,21)12-13-6-5-9-15(10-13)17(19)22-11-16(18)14-7-3-2-4-8-14/h2-10H,11-12H2,1H3. The first-order valence-electron chi connectivity index (χ1n) is 6.87. The molecule has 0 aromatic heterocycles. The maximum atomic E-state index is 12.0. The van der Waals surface area contributed by atoms with Crippen LogP contribution in [0.2, 0.25) is 0 Å². The molecule has 2 aromatic rings. The minimum atomic E-state index is -3.19. The Hall–Kier alpha value is -2.47. The van der Waals surface area contributed by atoms with Gasteiger partial charge >= 0.3 is 5.97 Å². The van der Waals surface area contributed by atoms with Gasteiger partial charge < -0.3 is 4.74 Å². The van der Waals surface area contributed by atoms with E-state index in [0.29, 0.717) is 11.1 Å². The van der Waals surface area contributed by atoms with Gasteiger partial charge in [0, 0.05) is 11.8 Å². The molecular weight excluding hydrogens is 316 g/mol. The van der Waals surface area contributed by atoms with Gasteiger partial charge in [0.15, 0.2) is 22.2 Å². The molecule has 5 nitrogen and oxygen atoms in total. The monoisotopic (exact) mass is 332 g/mol. The molecule has 0 fully saturated rings. The molecule has 6 heteroatoms. The molecule has 120 valence electrons. The van der Waals surface area contributed by atoms with Gasteiger partial charge in [-0.1, -0.05) is 42.5 Å². The minimum absolute atomic E-state index is 0.156. The van der Waals surface area contributed by atoms with Gasteiger partial charge in [0.1, 0.15) is 0 Å². The molecule has 0 aliphatic heterocycles. The predicted octanol–water partition coefficient (Wildman–Crippen LogP) is 2.27. The van der Waals surface area contributed by atoms with Gasteiger partial charge in [-0.3, -0.25) is 4.79 Å². The minimum Gasteiger partial charge on any atom is -0.454 e. The molecule has 0 radical (unpaired) electrons. The van der Waals surface area contributed by atoms with E-state index >= 15 is 0 Å². The largest absolute Gasteiger partial charge is 0.454 e. The predicted molar refractivity (Wildman–Crippen MR) is 86.0 cm³/mol. The molecule has 0 spiro atoms. The topological polar surface area (TPSA) is 77.5 Å². The van der Waals surface area contributed by atoms with E-state index in [0.717, 1.165) is 6.26 Å². The highest BCUT2D eigenvalue weighted by Gasteiger charge is 2.13. The lowest BCUT2D eigenvalue weighted by Gasteiger charge is -2.06. The summed E-state index contributed by atoms with van der Waals surface area (Å²) in [5.41, 5.74) is 1.18. The number of benzene rings is 2. The average Bonchev–Trinajstić information content (AvgIpc) is 2.51. The van der Waals surface area contributed by atoms with Crippen molar-refractivity contribution in [1.82, 2.24) is 0 Å². The lowest BCUT2D eigenvalue weighted by molar-refractivity contribution is 0.0474. The van der Waals surface area contributed by atoms with Gasteiger partial charge in [-0.05, 0) is 17.7 Å². The van der Waals surface area contributed by atoms with Gasteiger partial charge in [0.25, 0.3) is 0 Å². The van der Waals surface area contributed by atoms with Crippen LogP contribution < -0.4 is 0 Å². The van der Waals surface area contributed by atoms with E-state index in [9.17, 15) is 18.0 Å². The van der Waals surface area contributed by atoms with E-state index in [1.807, 2.05) is 0 Å². The maximum Gasteiger partial charge on any atom is 0.338 e. The molecule has 0 bridgehead atoms. The van der Waals surface area contributed by atoms with Crippen LogP contribution >= 0.6 is 0 Å². The number of carbonyl (C=O) groups is 2. The summed E-state index contributed by atoms with van der Waals surface area (Å²) in [5.74, 6) is -1.12. The number of hydrogen-bond acceptors (Lipinski definition) is 5. The van der Waals surface area contributed by atoms with Gasteiger partial charge in [0.2, 0.25) is 0 Å². The van der Waals surface area contributed by atoms with E-state index in [1.54, 1.807) is 42.5 Å². The second-order valence-electron chi connectivity index (χ2n) is 5.14. The van der Waals surface area contributed by atoms with Gasteiger partial charge in [0.05, 0.1) is 11.3 Å². The van der Waals surface area contributed by atoms with Crippen molar-refractivity contribution < 1.29 is 22.7 Å². The highest BCUT2D eigenvalue weighted by molar-refractivity contribution is 7.89. The van der Waals surface area contributed by atoms with Crippen molar-refractivity contribution >= 4 is 21.6 Å². The maximum absolute atomic E-state index is 12.0. The third kappa shape index (κ3) is 5.34. The highest BCUT2D eigenvalue weighted by Crippen LogP contribution is 2.10. The van der Waals surface area contributed by atoms with Crippen LogP contribution in [0.4, 0.5) is 0 Å². The zero-order chi connectivity index (χ0) is 16.9. The summed E-state index contributed by atoms with van der Waals surface area (Å²) in [6.45, 7) is -0.362. The number of hydrogen-bond donors (Lipinski definition) is 0. The Kier molecular flexibility index (Phi) is 5.28. The summed E-state index contributed by atoms with van der Waals surface area (Å²) < 4.78 is 27.6. The Labute approximate surface area is 134 Å². The fourth-order valence-electron chi connectivity index (χ4n) is 2.01. The molecule has 0 N–H and O–H groups in total. The summed E-state index contributed by atoms with van der Waals surface area (Å²) in [6.07, 6.45) is 1.12. The van der Waals surface area contributed by atoms with Crippen molar-refractivity contribution in [3.8, 4) is 0 Å². The van der Waals surface area contributed by atoms with Crippen LogP contribution in [0, 0.1) is 0 Å². The van der Waals surface area contributed by atoms with Crippen LogP contribution in [-0.2, 0) is 20.3 Å². The van der Waals surface area contributed by atoms with Crippen LogP contribution in [0.3, 0.4) is 0 Å². The van der Waals surface area contributed by atoms with Gasteiger partial charge in [-0.2, -0.15) is 0 Å². The summed E-state index contributed by atoms with van der Waals surface area (Å²) in [6, 6.07) is 14.7. The number of rotatable bonds is 6. The smallest absolute Gasteiger partial charge is 0.338 e. The fraction of sp³-hybridized carbons (Fsp3) is 0.176. The van der Waals surface area contributed by atoms with Crippen molar-refractivity contribution in [2.45, 2.75) is 5.75 Å². The number of ketones is 1. The molecule has 2 rings (SSSR count). The third-order valence-electron chi connectivity index (χ3n) is 3.02. The van der Waals surface area contributed by atoms with E-state index in [2.05, 4.69) is 0 Å². The fourth-order valence-corrected chi connectivity index (χ4v) is 2.80. The SMILES string of the molecule is CS(=O)(=O)Cc1cccc(C(=O)OCC(=O)c2ccccc2)c1. The van der Waals surface area contributed by atoms with Crippen LogP contribution in [0.5, 0.6) is 0 Å². The first kappa shape index (κ1) is 16.9. The molecule has 2 aromatic carbocycles. The Balaban J connectivity index is 2.01. The summed E-state index contributed by atoms with van der Waals surface area (Å²) >= 11 is 0. The Morgan fingerprint density at radius 1 is 0.957 bits per heavy atom. The van der Waals surface area contributed by atoms with Crippen molar-refractivity contribution in [3.63, 3.8) is 0 Å². The first-order chi connectivity index (χ1) is 10.8. The Morgan fingerprint density at radius 3 is 2.26 bits per heavy atom. The molecule has 0 saturated heterocycles. The molecule has 0 aliphatic carbocycles. The van der Waals surface area contributed by atoms with Crippen LogP contribution in [-0.4, -0.2) is 33.0 Å². The molecular formula is C17H16O5S. The van der Waals surface area contributed by atoms with E-state index < -0.39 is 15.8 Å². The van der Waals surface area contributed by atoms with E-state index in [4.69, 9.17) is 4.74 Å². The zero-order valence-corrected chi connectivity index (χ0v) is 13.4. The number of esters is 1. The molecule has 0 atom stereocenters. The van der Waals surface area contributed by atoms with Crippen molar-refractivity contribution in [3.05, 3.63) is 71.3 Å². The van der Waals surface area contributed by atoms with Crippen LogP contribution in [0.15, 0.2) is 54.6 Å². The molecule has 0 unspecified atom stereocenters. The first-order valence-corrected chi connectivity index (χ1v) is 8.93. The van der Waals surface area contributed by atoms with Crippen molar-refractivity contribution in [2.75, 3.05) is 12.9 Å². The molecule has 0 heterocycles. The lowest BCUT2D eigenvalue weighted by atomic mass is 10.1. The molecule has 0 aliphatic rings. The van der Waals surface area contributed by atoms with Crippen LogP contribution in [0.1, 0.15) is 26.3 Å². The summed E-state index contributed by atoms with van der Waals surface area (Å²) in [4.78, 5) is 23.9. The lowest BCUT2D eigenvalue weighted by Crippen LogP contribution is -2.14. The zero-order valence-electron chi connectivity index (χ0n) is 12.6. The summed E-state index contributed by atoms with van der Waals surface area (Å²) in [5, 5.41) is 0. The van der Waals surface area contributed by atoms with E-state index in [-0.39, 0.29) is 23.7 Å². The summed E-state index contributed by atoms with van der Waals surface area (Å²) in [7, 11) is -3.19. The molecule has 0 amide bonds. The second kappa shape index (κ2) is 7.19. The average molecular weight is 332 g/mol. The Bertz CT molecular complexity index is 810. The third-order valence-corrected chi connectivity index (χ3v) is 3.88. The number of ether oxygens (including phenoxy) is 1. The normalized spacial score (nSPS) is 11.0.